The molecule has 30 heavy (non-hydrogen) atoms. The SMILES string of the molecule is COc1cccc(NC(=O)CSc2cccc(NC(=O)COc3ccccc3)c2)c1. The third-order valence-corrected chi connectivity index (χ3v) is 4.95. The summed E-state index contributed by atoms with van der Waals surface area (Å²) in [7, 11) is 1.58. The summed E-state index contributed by atoms with van der Waals surface area (Å²) in [6, 6.07) is 23.7. The van der Waals surface area contributed by atoms with Gasteiger partial charge in [-0.05, 0) is 42.5 Å². The first-order valence-corrected chi connectivity index (χ1v) is 10.3. The van der Waals surface area contributed by atoms with Crippen molar-refractivity contribution >= 4 is 35.0 Å². The maximum Gasteiger partial charge on any atom is 0.262 e. The average Bonchev–Trinajstić information content (AvgIpc) is 2.77. The van der Waals surface area contributed by atoms with Gasteiger partial charge < -0.3 is 20.1 Å². The fourth-order valence-electron chi connectivity index (χ4n) is 2.57. The zero-order chi connectivity index (χ0) is 21.2. The van der Waals surface area contributed by atoms with E-state index in [0.29, 0.717) is 22.9 Å². The predicted octanol–water partition coefficient (Wildman–Crippen LogP) is 4.44. The fourth-order valence-corrected chi connectivity index (χ4v) is 3.33. The summed E-state index contributed by atoms with van der Waals surface area (Å²) in [5, 5.41) is 5.64. The number of hydrogen-bond donors (Lipinski definition) is 2. The van der Waals surface area contributed by atoms with Gasteiger partial charge in [0.2, 0.25) is 5.91 Å². The number of benzene rings is 3. The molecule has 3 aromatic carbocycles. The van der Waals surface area contributed by atoms with Crippen LogP contribution in [0.15, 0.2) is 83.8 Å². The highest BCUT2D eigenvalue weighted by molar-refractivity contribution is 8.00. The number of ether oxygens (including phenoxy) is 2. The molecule has 3 rings (SSSR count). The van der Waals surface area contributed by atoms with Gasteiger partial charge in [0.15, 0.2) is 6.61 Å². The summed E-state index contributed by atoms with van der Waals surface area (Å²) < 4.78 is 10.6. The summed E-state index contributed by atoms with van der Waals surface area (Å²) in [5.74, 6) is 1.18. The van der Waals surface area contributed by atoms with Crippen LogP contribution in [0.2, 0.25) is 0 Å². The number of carbonyl (C=O) groups excluding carboxylic acids is 2. The second kappa shape index (κ2) is 10.9. The lowest BCUT2D eigenvalue weighted by atomic mass is 10.3. The number of anilines is 2. The zero-order valence-corrected chi connectivity index (χ0v) is 17.3. The molecule has 0 aliphatic carbocycles. The Kier molecular flexibility index (Phi) is 7.74. The Balaban J connectivity index is 1.47. The highest BCUT2D eigenvalue weighted by atomic mass is 32.2. The van der Waals surface area contributed by atoms with Crippen molar-refractivity contribution in [1.29, 1.82) is 0 Å². The molecule has 0 bridgehead atoms. The number of hydrogen-bond acceptors (Lipinski definition) is 5. The minimum Gasteiger partial charge on any atom is -0.497 e. The number of amides is 2. The molecule has 2 N–H and O–H groups in total. The van der Waals surface area contributed by atoms with Gasteiger partial charge in [-0.1, -0.05) is 30.3 Å². The van der Waals surface area contributed by atoms with Crippen molar-refractivity contribution in [1.82, 2.24) is 0 Å². The van der Waals surface area contributed by atoms with Crippen molar-refractivity contribution in [3.05, 3.63) is 78.9 Å². The van der Waals surface area contributed by atoms with Gasteiger partial charge in [0.25, 0.3) is 5.91 Å². The summed E-state index contributed by atoms with van der Waals surface area (Å²) in [6.45, 7) is -0.0790. The van der Waals surface area contributed by atoms with Gasteiger partial charge in [-0.3, -0.25) is 9.59 Å². The van der Waals surface area contributed by atoms with Gasteiger partial charge in [0.05, 0.1) is 12.9 Å². The van der Waals surface area contributed by atoms with E-state index >= 15 is 0 Å². The van der Waals surface area contributed by atoms with Crippen molar-refractivity contribution < 1.29 is 19.1 Å². The molecule has 0 saturated carbocycles. The van der Waals surface area contributed by atoms with Gasteiger partial charge in [0.1, 0.15) is 11.5 Å². The minimum atomic E-state index is -0.253. The Morgan fingerprint density at radius 2 is 1.47 bits per heavy atom. The molecule has 0 saturated heterocycles. The third kappa shape index (κ3) is 6.86. The Morgan fingerprint density at radius 1 is 0.800 bits per heavy atom. The third-order valence-electron chi connectivity index (χ3n) is 3.95. The Bertz CT molecular complexity index is 995. The Hall–Kier alpha value is -3.45. The molecule has 0 atom stereocenters. The normalized spacial score (nSPS) is 10.2. The molecule has 0 aliphatic rings. The summed E-state index contributed by atoms with van der Waals surface area (Å²) in [5.41, 5.74) is 1.33. The van der Waals surface area contributed by atoms with Crippen molar-refractivity contribution in [3.8, 4) is 11.5 Å². The minimum absolute atomic E-state index is 0.0790. The maximum atomic E-state index is 12.2. The quantitative estimate of drug-likeness (QED) is 0.499. The van der Waals surface area contributed by atoms with E-state index in [4.69, 9.17) is 9.47 Å². The lowest BCUT2D eigenvalue weighted by Crippen LogP contribution is -2.20. The molecule has 0 radical (unpaired) electrons. The van der Waals surface area contributed by atoms with Crippen LogP contribution in [0.25, 0.3) is 0 Å². The van der Waals surface area contributed by atoms with Crippen LogP contribution < -0.4 is 20.1 Å². The molecule has 0 spiro atoms. The van der Waals surface area contributed by atoms with E-state index in [1.165, 1.54) is 11.8 Å². The van der Waals surface area contributed by atoms with Crippen molar-refractivity contribution in [2.24, 2.45) is 0 Å². The topological polar surface area (TPSA) is 76.7 Å². The average molecular weight is 423 g/mol. The lowest BCUT2D eigenvalue weighted by Gasteiger charge is -2.09. The molecular weight excluding hydrogens is 400 g/mol. The number of methoxy groups -OCH3 is 1. The Morgan fingerprint density at radius 3 is 2.23 bits per heavy atom. The van der Waals surface area contributed by atoms with E-state index in [1.54, 1.807) is 37.4 Å². The van der Waals surface area contributed by atoms with Crippen LogP contribution in [0, 0.1) is 0 Å². The van der Waals surface area contributed by atoms with E-state index in [-0.39, 0.29) is 24.2 Å². The Labute approximate surface area is 179 Å². The standard InChI is InChI=1S/C23H22N2O4S/c1-28-20-11-5-7-17(13-20)25-23(27)16-30-21-12-6-8-18(14-21)24-22(26)15-29-19-9-3-2-4-10-19/h2-14H,15-16H2,1H3,(H,24,26)(H,25,27). The molecule has 7 heteroatoms. The van der Waals surface area contributed by atoms with Crippen LogP contribution in [0.1, 0.15) is 0 Å². The molecule has 0 unspecified atom stereocenters. The monoisotopic (exact) mass is 422 g/mol. The van der Waals surface area contributed by atoms with E-state index in [9.17, 15) is 9.59 Å². The number of nitrogens with one attached hydrogen (secondary N) is 2. The van der Waals surface area contributed by atoms with E-state index < -0.39 is 0 Å². The van der Waals surface area contributed by atoms with Gasteiger partial charge in [0, 0.05) is 22.3 Å². The fraction of sp³-hybridized carbons (Fsp3) is 0.130. The van der Waals surface area contributed by atoms with Crippen LogP contribution in [0.3, 0.4) is 0 Å². The number of para-hydroxylation sites is 1. The second-order valence-corrected chi connectivity index (χ2v) is 7.30. The molecule has 0 aliphatic heterocycles. The number of carbonyl (C=O) groups is 2. The van der Waals surface area contributed by atoms with Gasteiger partial charge >= 0.3 is 0 Å². The molecule has 3 aromatic rings. The predicted molar refractivity (Wildman–Crippen MR) is 119 cm³/mol. The van der Waals surface area contributed by atoms with Crippen LogP contribution in [-0.2, 0) is 9.59 Å². The van der Waals surface area contributed by atoms with Gasteiger partial charge in [-0.25, -0.2) is 0 Å². The van der Waals surface area contributed by atoms with E-state index in [0.717, 1.165) is 4.90 Å². The summed E-state index contributed by atoms with van der Waals surface area (Å²) in [6.07, 6.45) is 0. The van der Waals surface area contributed by atoms with E-state index in [2.05, 4.69) is 10.6 Å². The van der Waals surface area contributed by atoms with E-state index in [1.807, 2.05) is 48.5 Å². The van der Waals surface area contributed by atoms with Crippen LogP contribution >= 0.6 is 11.8 Å². The van der Waals surface area contributed by atoms with Gasteiger partial charge in [-0.15, -0.1) is 11.8 Å². The zero-order valence-electron chi connectivity index (χ0n) is 16.5. The first kappa shape index (κ1) is 21.3. The smallest absolute Gasteiger partial charge is 0.262 e. The van der Waals surface area contributed by atoms with Crippen LogP contribution in [0.4, 0.5) is 11.4 Å². The first-order valence-electron chi connectivity index (χ1n) is 9.27. The molecular formula is C23H22N2O4S. The van der Waals surface area contributed by atoms with Crippen LogP contribution in [0.5, 0.6) is 11.5 Å². The molecule has 0 fully saturated rings. The number of thioether (sulfide) groups is 1. The van der Waals surface area contributed by atoms with Crippen molar-refractivity contribution in [2.45, 2.75) is 4.90 Å². The molecule has 0 heterocycles. The number of rotatable bonds is 9. The summed E-state index contributed by atoms with van der Waals surface area (Å²) in [4.78, 5) is 25.2. The second-order valence-electron chi connectivity index (χ2n) is 6.25. The highest BCUT2D eigenvalue weighted by Crippen LogP contribution is 2.23. The first-order chi connectivity index (χ1) is 14.6. The molecule has 154 valence electrons. The summed E-state index contributed by atoms with van der Waals surface area (Å²) >= 11 is 1.38. The van der Waals surface area contributed by atoms with Crippen molar-refractivity contribution in [3.63, 3.8) is 0 Å². The lowest BCUT2D eigenvalue weighted by molar-refractivity contribution is -0.118. The maximum absolute atomic E-state index is 12.2. The highest BCUT2D eigenvalue weighted by Gasteiger charge is 2.07. The molecule has 6 nitrogen and oxygen atoms in total. The van der Waals surface area contributed by atoms with Crippen molar-refractivity contribution in [2.75, 3.05) is 30.1 Å². The largest absolute Gasteiger partial charge is 0.497 e. The van der Waals surface area contributed by atoms with Crippen LogP contribution in [-0.4, -0.2) is 31.3 Å². The molecule has 2 amide bonds. The molecule has 0 aromatic heterocycles. The van der Waals surface area contributed by atoms with Gasteiger partial charge in [-0.2, -0.15) is 0 Å².